The van der Waals surface area contributed by atoms with E-state index in [0.717, 1.165) is 16.9 Å². The van der Waals surface area contributed by atoms with Gasteiger partial charge in [0.05, 0.1) is 17.2 Å². The van der Waals surface area contributed by atoms with E-state index in [2.05, 4.69) is 31.3 Å². The average Bonchev–Trinajstić information content (AvgIpc) is 2.92. The van der Waals surface area contributed by atoms with E-state index < -0.39 is 17.9 Å². The molecule has 0 bridgehead atoms. The van der Waals surface area contributed by atoms with Crippen molar-refractivity contribution in [3.05, 3.63) is 70.8 Å². The minimum atomic E-state index is -0.880. The highest BCUT2D eigenvalue weighted by Gasteiger charge is 2.40. The summed E-state index contributed by atoms with van der Waals surface area (Å²) in [6.45, 7) is 7.83. The molecule has 1 heterocycles. The number of hydrogen-bond acceptors (Lipinski definition) is 3. The first-order valence-electron chi connectivity index (χ1n) is 9.65. The van der Waals surface area contributed by atoms with E-state index in [1.807, 2.05) is 19.1 Å². The predicted octanol–water partition coefficient (Wildman–Crippen LogP) is 3.75. The molecule has 28 heavy (non-hydrogen) atoms. The van der Waals surface area contributed by atoms with Gasteiger partial charge in [-0.05, 0) is 49.4 Å². The van der Waals surface area contributed by atoms with Crippen molar-refractivity contribution in [2.45, 2.75) is 46.2 Å². The summed E-state index contributed by atoms with van der Waals surface area (Å²) in [7, 11) is 0. The van der Waals surface area contributed by atoms with Crippen LogP contribution in [0.25, 0.3) is 0 Å². The third kappa shape index (κ3) is 3.84. The molecule has 0 spiro atoms. The Hall–Kier alpha value is -2.95. The predicted molar refractivity (Wildman–Crippen MR) is 108 cm³/mol. The zero-order chi connectivity index (χ0) is 20.4. The van der Waals surface area contributed by atoms with E-state index in [4.69, 9.17) is 0 Å². The summed E-state index contributed by atoms with van der Waals surface area (Å²) >= 11 is 0. The Balaban J connectivity index is 1.67. The van der Waals surface area contributed by atoms with Crippen LogP contribution in [0.1, 0.15) is 65.6 Å². The lowest BCUT2D eigenvalue weighted by atomic mass is 10.00. The van der Waals surface area contributed by atoms with Gasteiger partial charge in [-0.15, -0.1) is 0 Å². The Labute approximate surface area is 165 Å². The van der Waals surface area contributed by atoms with Crippen LogP contribution in [0.3, 0.4) is 0 Å². The first-order chi connectivity index (χ1) is 13.3. The molecule has 3 amide bonds. The second-order valence-corrected chi connectivity index (χ2v) is 7.77. The SMILES string of the molecule is CC(C)Cc1ccc([C@H](C)NC(=O)[C@H](C)N2C(=O)c3ccccc3C2=O)cc1. The van der Waals surface area contributed by atoms with Gasteiger partial charge in [0.2, 0.25) is 5.91 Å². The fourth-order valence-corrected chi connectivity index (χ4v) is 3.51. The third-order valence-electron chi connectivity index (χ3n) is 5.07. The maximum Gasteiger partial charge on any atom is 0.262 e. The molecule has 2 aromatic rings. The molecular formula is C23H26N2O3. The van der Waals surface area contributed by atoms with Crippen molar-refractivity contribution in [3.8, 4) is 0 Å². The Morgan fingerprint density at radius 2 is 1.43 bits per heavy atom. The summed E-state index contributed by atoms with van der Waals surface area (Å²) in [5.74, 6) is -0.611. The lowest BCUT2D eigenvalue weighted by Gasteiger charge is -2.24. The van der Waals surface area contributed by atoms with Crippen LogP contribution in [0.5, 0.6) is 0 Å². The summed E-state index contributed by atoms with van der Waals surface area (Å²) in [6, 6.07) is 13.7. The fourth-order valence-electron chi connectivity index (χ4n) is 3.51. The standard InChI is InChI=1S/C23H26N2O3/c1-14(2)13-17-9-11-18(12-10-17)15(3)24-21(26)16(4)25-22(27)19-7-5-6-8-20(19)23(25)28/h5-12,14-16H,13H2,1-4H3,(H,24,26)/t15-,16-/m0/s1. The minimum absolute atomic E-state index is 0.224. The lowest BCUT2D eigenvalue weighted by Crippen LogP contribution is -2.48. The molecule has 146 valence electrons. The van der Waals surface area contributed by atoms with Crippen LogP contribution < -0.4 is 5.32 Å². The molecule has 0 aromatic heterocycles. The van der Waals surface area contributed by atoms with Gasteiger partial charge in [-0.2, -0.15) is 0 Å². The number of benzene rings is 2. The number of hydrogen-bond donors (Lipinski definition) is 1. The van der Waals surface area contributed by atoms with Crippen molar-refractivity contribution in [2.75, 3.05) is 0 Å². The lowest BCUT2D eigenvalue weighted by molar-refractivity contribution is -0.125. The molecule has 5 nitrogen and oxygen atoms in total. The molecule has 2 aromatic carbocycles. The number of imide groups is 1. The molecule has 0 fully saturated rings. The van der Waals surface area contributed by atoms with Gasteiger partial charge < -0.3 is 5.32 Å². The normalized spacial score (nSPS) is 15.5. The molecule has 3 rings (SSSR count). The highest BCUT2D eigenvalue weighted by Crippen LogP contribution is 2.25. The molecule has 5 heteroatoms. The largest absolute Gasteiger partial charge is 0.348 e. The van der Waals surface area contributed by atoms with E-state index >= 15 is 0 Å². The van der Waals surface area contributed by atoms with Crippen LogP contribution in [-0.2, 0) is 11.2 Å². The highest BCUT2D eigenvalue weighted by atomic mass is 16.2. The summed E-state index contributed by atoms with van der Waals surface area (Å²) in [4.78, 5) is 38.9. The number of nitrogens with one attached hydrogen (secondary N) is 1. The van der Waals surface area contributed by atoms with Crippen LogP contribution in [0.4, 0.5) is 0 Å². The van der Waals surface area contributed by atoms with Gasteiger partial charge in [-0.25, -0.2) is 0 Å². The number of rotatable bonds is 6. The molecule has 0 unspecified atom stereocenters. The zero-order valence-electron chi connectivity index (χ0n) is 16.7. The molecule has 1 N–H and O–H groups in total. The van der Waals surface area contributed by atoms with Gasteiger partial charge in [0.25, 0.3) is 11.8 Å². The van der Waals surface area contributed by atoms with E-state index in [1.165, 1.54) is 5.56 Å². The van der Waals surface area contributed by atoms with Crippen molar-refractivity contribution in [2.24, 2.45) is 5.92 Å². The molecule has 0 aliphatic carbocycles. The summed E-state index contributed by atoms with van der Waals surface area (Å²) in [6.07, 6.45) is 1.01. The number of carbonyl (C=O) groups excluding carboxylic acids is 3. The average molecular weight is 378 g/mol. The fraction of sp³-hybridized carbons (Fsp3) is 0.348. The topological polar surface area (TPSA) is 66.5 Å². The molecule has 0 radical (unpaired) electrons. The quantitative estimate of drug-likeness (QED) is 0.779. The Morgan fingerprint density at radius 1 is 0.893 bits per heavy atom. The second kappa shape index (κ2) is 7.97. The third-order valence-corrected chi connectivity index (χ3v) is 5.07. The van der Waals surface area contributed by atoms with E-state index in [0.29, 0.717) is 17.0 Å². The summed E-state index contributed by atoms with van der Waals surface area (Å²) in [5.41, 5.74) is 2.94. The van der Waals surface area contributed by atoms with Crippen LogP contribution >= 0.6 is 0 Å². The number of fused-ring (bicyclic) bond motifs is 1. The van der Waals surface area contributed by atoms with E-state index in [1.54, 1.807) is 31.2 Å². The Morgan fingerprint density at radius 3 is 1.93 bits per heavy atom. The molecular weight excluding hydrogens is 352 g/mol. The van der Waals surface area contributed by atoms with Crippen LogP contribution in [-0.4, -0.2) is 28.7 Å². The van der Waals surface area contributed by atoms with E-state index in [9.17, 15) is 14.4 Å². The van der Waals surface area contributed by atoms with Crippen molar-refractivity contribution in [3.63, 3.8) is 0 Å². The van der Waals surface area contributed by atoms with Crippen LogP contribution in [0.15, 0.2) is 48.5 Å². The number of amides is 3. The smallest absolute Gasteiger partial charge is 0.262 e. The molecule has 1 aliphatic rings. The van der Waals surface area contributed by atoms with Gasteiger partial charge >= 0.3 is 0 Å². The number of nitrogens with zero attached hydrogens (tertiary/aromatic N) is 1. The van der Waals surface area contributed by atoms with Crippen LogP contribution in [0, 0.1) is 5.92 Å². The maximum atomic E-state index is 12.7. The Bertz CT molecular complexity index is 867. The first-order valence-corrected chi connectivity index (χ1v) is 9.65. The summed E-state index contributed by atoms with van der Waals surface area (Å²) in [5, 5.41) is 2.92. The minimum Gasteiger partial charge on any atom is -0.348 e. The second-order valence-electron chi connectivity index (χ2n) is 7.77. The first kappa shape index (κ1) is 19.8. The Kier molecular flexibility index (Phi) is 5.63. The van der Waals surface area contributed by atoms with Crippen molar-refractivity contribution in [1.29, 1.82) is 0 Å². The van der Waals surface area contributed by atoms with Crippen molar-refractivity contribution < 1.29 is 14.4 Å². The molecule has 1 aliphatic heterocycles. The van der Waals surface area contributed by atoms with Crippen molar-refractivity contribution >= 4 is 17.7 Å². The maximum absolute atomic E-state index is 12.7. The van der Waals surface area contributed by atoms with Gasteiger partial charge in [-0.3, -0.25) is 19.3 Å². The van der Waals surface area contributed by atoms with Crippen molar-refractivity contribution in [1.82, 2.24) is 10.2 Å². The molecule has 0 saturated carbocycles. The summed E-state index contributed by atoms with van der Waals surface area (Å²) < 4.78 is 0. The molecule has 0 saturated heterocycles. The highest BCUT2D eigenvalue weighted by molar-refractivity contribution is 6.22. The van der Waals surface area contributed by atoms with Gasteiger partial charge in [-0.1, -0.05) is 50.2 Å². The van der Waals surface area contributed by atoms with Gasteiger partial charge in [0.1, 0.15) is 6.04 Å². The van der Waals surface area contributed by atoms with Gasteiger partial charge in [0, 0.05) is 0 Å². The number of carbonyl (C=O) groups is 3. The van der Waals surface area contributed by atoms with E-state index in [-0.39, 0.29) is 11.9 Å². The van der Waals surface area contributed by atoms with Gasteiger partial charge in [0.15, 0.2) is 0 Å². The zero-order valence-corrected chi connectivity index (χ0v) is 16.7. The van der Waals surface area contributed by atoms with Crippen LogP contribution in [0.2, 0.25) is 0 Å². The monoisotopic (exact) mass is 378 g/mol. The molecule has 2 atom stereocenters.